The molecule has 0 aromatic heterocycles. The average molecular weight is 476 g/mol. The van der Waals surface area contributed by atoms with Crippen molar-refractivity contribution in [3.05, 3.63) is 121 Å². The topological polar surface area (TPSA) is 88.1 Å². The molecular formula is C31H33N5. The third kappa shape index (κ3) is 6.78. The third-order valence-electron chi connectivity index (χ3n) is 5.74. The second-order valence-electron chi connectivity index (χ2n) is 8.47. The Labute approximate surface area is 213 Å². The largest absolute Gasteiger partial charge is 0.397 e. The number of rotatable bonds is 7. The highest BCUT2D eigenvalue weighted by Crippen LogP contribution is 2.31. The van der Waals surface area contributed by atoms with Crippen molar-refractivity contribution in [3.8, 4) is 0 Å². The Bertz CT molecular complexity index is 1350. The average Bonchev–Trinajstić information content (AvgIpc) is 2.93. The van der Waals surface area contributed by atoms with Gasteiger partial charge in [-0.3, -0.25) is 0 Å². The van der Waals surface area contributed by atoms with E-state index in [2.05, 4.69) is 35.0 Å². The van der Waals surface area contributed by atoms with Gasteiger partial charge < -0.3 is 27.4 Å². The fourth-order valence-corrected chi connectivity index (χ4v) is 3.75. The molecule has 0 saturated carbocycles. The molecule has 0 bridgehead atoms. The lowest BCUT2D eigenvalue weighted by Crippen LogP contribution is -2.28. The number of nitrogen functional groups attached to an aromatic ring is 1. The number of benzene rings is 5. The van der Waals surface area contributed by atoms with Gasteiger partial charge in [-0.2, -0.15) is 0 Å². The normalized spacial score (nSPS) is 11.2. The van der Waals surface area contributed by atoms with Gasteiger partial charge in [-0.05, 0) is 66.4 Å². The number of anilines is 6. The Morgan fingerprint density at radius 1 is 0.583 bits per heavy atom. The Balaban J connectivity index is 0.000000169. The van der Waals surface area contributed by atoms with Crippen LogP contribution in [0.5, 0.6) is 0 Å². The summed E-state index contributed by atoms with van der Waals surface area (Å²) < 4.78 is 0. The molecule has 5 rings (SSSR count). The van der Waals surface area contributed by atoms with Crippen molar-refractivity contribution in [1.29, 1.82) is 0 Å². The molecule has 5 aromatic rings. The fourth-order valence-electron chi connectivity index (χ4n) is 3.75. The van der Waals surface area contributed by atoms with Gasteiger partial charge in [0.2, 0.25) is 0 Å². The summed E-state index contributed by atoms with van der Waals surface area (Å²) in [7, 11) is 0. The summed E-state index contributed by atoms with van der Waals surface area (Å²) in [4.78, 5) is 0. The number of hydrogen-bond acceptors (Lipinski definition) is 5. The Hall–Kier alpha value is -4.48. The zero-order valence-corrected chi connectivity index (χ0v) is 20.5. The van der Waals surface area contributed by atoms with E-state index in [-0.39, 0.29) is 6.17 Å². The summed E-state index contributed by atoms with van der Waals surface area (Å²) >= 11 is 0. The highest BCUT2D eigenvalue weighted by Gasteiger charge is 2.05. The van der Waals surface area contributed by atoms with Crippen molar-refractivity contribution < 1.29 is 0 Å². The zero-order valence-electron chi connectivity index (χ0n) is 20.5. The maximum atomic E-state index is 6.07. The smallest absolute Gasteiger partial charge is 0.0740 e. The number of nitrogens with two attached hydrogens (primary N) is 2. The summed E-state index contributed by atoms with van der Waals surface area (Å²) in [5.74, 6) is 0. The second kappa shape index (κ2) is 12.3. The van der Waals surface area contributed by atoms with Crippen LogP contribution in [0.1, 0.15) is 13.3 Å². The molecule has 36 heavy (non-hydrogen) atoms. The van der Waals surface area contributed by atoms with Crippen LogP contribution in [-0.2, 0) is 0 Å². The van der Waals surface area contributed by atoms with E-state index in [4.69, 9.17) is 11.5 Å². The van der Waals surface area contributed by atoms with Gasteiger partial charge >= 0.3 is 0 Å². The van der Waals surface area contributed by atoms with E-state index in [9.17, 15) is 0 Å². The first kappa shape index (κ1) is 24.6. The van der Waals surface area contributed by atoms with Crippen LogP contribution >= 0.6 is 0 Å². The molecule has 0 heterocycles. The van der Waals surface area contributed by atoms with Gasteiger partial charge in [-0.1, -0.05) is 73.7 Å². The zero-order chi connectivity index (χ0) is 25.2. The van der Waals surface area contributed by atoms with Crippen LogP contribution in [0.15, 0.2) is 121 Å². The van der Waals surface area contributed by atoms with E-state index in [1.165, 1.54) is 5.39 Å². The quantitative estimate of drug-likeness (QED) is 0.123. The molecule has 0 radical (unpaired) electrons. The van der Waals surface area contributed by atoms with Crippen molar-refractivity contribution in [3.63, 3.8) is 0 Å². The van der Waals surface area contributed by atoms with E-state index in [1.807, 2.05) is 109 Å². The maximum Gasteiger partial charge on any atom is 0.0740 e. The van der Waals surface area contributed by atoms with Crippen LogP contribution in [0.2, 0.25) is 0 Å². The number of fused-ring (bicyclic) bond motifs is 1. The van der Waals surface area contributed by atoms with Gasteiger partial charge in [0.05, 0.1) is 17.5 Å². The second-order valence-corrected chi connectivity index (χ2v) is 8.47. The molecule has 5 heteroatoms. The van der Waals surface area contributed by atoms with Gasteiger partial charge in [0.1, 0.15) is 0 Å². The minimum atomic E-state index is 0.0120. The summed E-state index contributed by atoms with van der Waals surface area (Å²) in [6, 6.07) is 40.5. The van der Waals surface area contributed by atoms with Crippen molar-refractivity contribution in [1.82, 2.24) is 0 Å². The van der Waals surface area contributed by atoms with E-state index in [1.54, 1.807) is 0 Å². The monoisotopic (exact) mass is 475 g/mol. The van der Waals surface area contributed by atoms with Crippen LogP contribution in [0.25, 0.3) is 10.8 Å². The standard InChI is InChI=1S/C16H14N2.C15H19N3/c17-15-11-10-12-6-4-5-9-14(12)16(15)18-13-7-2-1-3-8-13;1-2-15(16)18-14-10-8-13(9-11-14)17-12-6-4-3-5-7-12/h1-11,18H,17H2;3-11,15,17-18H,2,16H2,1H3. The van der Waals surface area contributed by atoms with E-state index in [0.717, 1.165) is 45.9 Å². The first-order valence-electron chi connectivity index (χ1n) is 12.2. The van der Waals surface area contributed by atoms with Crippen LogP contribution < -0.4 is 27.4 Å². The molecule has 0 fully saturated rings. The first-order valence-corrected chi connectivity index (χ1v) is 12.2. The molecule has 0 saturated heterocycles. The molecular weight excluding hydrogens is 442 g/mol. The van der Waals surface area contributed by atoms with Gasteiger partial charge in [0, 0.05) is 28.1 Å². The fraction of sp³-hybridized carbons (Fsp3) is 0.0968. The minimum absolute atomic E-state index is 0.0120. The van der Waals surface area contributed by atoms with E-state index < -0.39 is 0 Å². The summed E-state index contributed by atoms with van der Waals surface area (Å²) in [5.41, 5.74) is 17.9. The van der Waals surface area contributed by atoms with E-state index >= 15 is 0 Å². The molecule has 182 valence electrons. The lowest BCUT2D eigenvalue weighted by atomic mass is 10.1. The number of para-hydroxylation sites is 2. The van der Waals surface area contributed by atoms with Gasteiger partial charge in [0.25, 0.3) is 0 Å². The molecule has 0 spiro atoms. The molecule has 0 aliphatic carbocycles. The molecule has 1 unspecified atom stereocenters. The molecule has 5 aromatic carbocycles. The maximum absolute atomic E-state index is 6.07. The number of hydrogen-bond donors (Lipinski definition) is 5. The summed E-state index contributed by atoms with van der Waals surface area (Å²) in [6.07, 6.45) is 0.919. The summed E-state index contributed by atoms with van der Waals surface area (Å²) in [5, 5.41) is 12.3. The Morgan fingerprint density at radius 3 is 1.75 bits per heavy atom. The molecule has 0 aliphatic rings. The Kier molecular flexibility index (Phi) is 8.41. The predicted octanol–water partition coefficient (Wildman–Crippen LogP) is 7.70. The van der Waals surface area contributed by atoms with Gasteiger partial charge in [-0.15, -0.1) is 0 Å². The van der Waals surface area contributed by atoms with Crippen LogP contribution in [-0.4, -0.2) is 6.17 Å². The van der Waals surface area contributed by atoms with Crippen LogP contribution in [0.4, 0.5) is 34.1 Å². The van der Waals surface area contributed by atoms with Crippen molar-refractivity contribution in [2.75, 3.05) is 21.7 Å². The predicted molar refractivity (Wildman–Crippen MR) is 156 cm³/mol. The lowest BCUT2D eigenvalue weighted by Gasteiger charge is -2.13. The molecule has 7 N–H and O–H groups in total. The van der Waals surface area contributed by atoms with Gasteiger partial charge in [0.15, 0.2) is 0 Å². The molecule has 0 aliphatic heterocycles. The minimum Gasteiger partial charge on any atom is -0.397 e. The van der Waals surface area contributed by atoms with Gasteiger partial charge in [-0.25, -0.2) is 0 Å². The first-order chi connectivity index (χ1) is 17.6. The SMILES string of the molecule is CCC(N)Nc1ccc(Nc2ccccc2)cc1.Nc1ccc2ccccc2c1Nc1ccccc1. The van der Waals surface area contributed by atoms with E-state index in [0.29, 0.717) is 0 Å². The Morgan fingerprint density at radius 2 is 1.11 bits per heavy atom. The van der Waals surface area contributed by atoms with Crippen LogP contribution in [0.3, 0.4) is 0 Å². The highest BCUT2D eigenvalue weighted by molar-refractivity contribution is 6.01. The van der Waals surface area contributed by atoms with Crippen molar-refractivity contribution in [2.45, 2.75) is 19.5 Å². The number of nitrogens with one attached hydrogen (secondary N) is 3. The molecule has 5 nitrogen and oxygen atoms in total. The van der Waals surface area contributed by atoms with Crippen LogP contribution in [0, 0.1) is 0 Å². The summed E-state index contributed by atoms with van der Waals surface area (Å²) in [6.45, 7) is 2.06. The molecule has 1 atom stereocenters. The third-order valence-corrected chi connectivity index (χ3v) is 5.74. The molecule has 0 amide bonds. The highest BCUT2D eigenvalue weighted by atomic mass is 15.0. The van der Waals surface area contributed by atoms with Crippen molar-refractivity contribution in [2.24, 2.45) is 5.73 Å². The lowest BCUT2D eigenvalue weighted by molar-refractivity contribution is 0.730. The van der Waals surface area contributed by atoms with Crippen molar-refractivity contribution >= 4 is 44.9 Å².